The molecular formula is C14H14Cl2N2OS. The van der Waals surface area contributed by atoms with E-state index in [9.17, 15) is 4.79 Å². The number of hydrogen-bond donors (Lipinski definition) is 1. The molecule has 0 fully saturated rings. The van der Waals surface area contributed by atoms with Gasteiger partial charge < -0.3 is 5.32 Å². The lowest BCUT2D eigenvalue weighted by molar-refractivity contribution is -0.121. The van der Waals surface area contributed by atoms with Crippen molar-refractivity contribution in [2.75, 3.05) is 0 Å². The second kappa shape index (κ2) is 7.07. The van der Waals surface area contributed by atoms with Crippen molar-refractivity contribution in [2.24, 2.45) is 0 Å². The Balaban J connectivity index is 1.96. The molecule has 0 radical (unpaired) electrons. The number of amides is 1. The summed E-state index contributed by atoms with van der Waals surface area (Å²) in [6, 6.07) is 7.35. The lowest BCUT2D eigenvalue weighted by atomic mass is 10.1. The number of benzene rings is 1. The zero-order valence-corrected chi connectivity index (χ0v) is 13.2. The molecule has 0 bridgehead atoms. The zero-order chi connectivity index (χ0) is 14.5. The van der Waals surface area contributed by atoms with Crippen LogP contribution in [-0.4, -0.2) is 10.9 Å². The molecule has 1 atom stereocenters. The molecule has 1 unspecified atom stereocenters. The minimum absolute atomic E-state index is 0.0760. The van der Waals surface area contributed by atoms with Gasteiger partial charge in [0, 0.05) is 10.4 Å². The van der Waals surface area contributed by atoms with Gasteiger partial charge in [-0.2, -0.15) is 0 Å². The monoisotopic (exact) mass is 328 g/mol. The van der Waals surface area contributed by atoms with Gasteiger partial charge in [-0.3, -0.25) is 4.79 Å². The summed E-state index contributed by atoms with van der Waals surface area (Å²) in [5.74, 6) is 0.293. The van der Waals surface area contributed by atoms with Crippen molar-refractivity contribution in [2.45, 2.75) is 25.3 Å². The lowest BCUT2D eigenvalue weighted by Crippen LogP contribution is -2.28. The molecule has 1 heterocycles. The second-order valence-electron chi connectivity index (χ2n) is 4.35. The first-order chi connectivity index (χ1) is 9.60. The SMILES string of the molecule is CC(NC(=O)Cc1nc(CCl)cs1)c1ccccc1Cl. The van der Waals surface area contributed by atoms with E-state index < -0.39 is 0 Å². The van der Waals surface area contributed by atoms with E-state index in [1.54, 1.807) is 0 Å². The highest BCUT2D eigenvalue weighted by Crippen LogP contribution is 2.22. The summed E-state index contributed by atoms with van der Waals surface area (Å²) in [6.07, 6.45) is 0.260. The molecule has 2 rings (SSSR count). The third kappa shape index (κ3) is 3.95. The predicted octanol–water partition coefficient (Wildman–Crippen LogP) is 3.96. The van der Waals surface area contributed by atoms with E-state index >= 15 is 0 Å². The number of rotatable bonds is 5. The number of nitrogens with one attached hydrogen (secondary N) is 1. The van der Waals surface area contributed by atoms with Crippen LogP contribution in [0.25, 0.3) is 0 Å². The van der Waals surface area contributed by atoms with Crippen molar-refractivity contribution in [3.05, 3.63) is 50.9 Å². The first-order valence-electron chi connectivity index (χ1n) is 6.13. The predicted molar refractivity (Wildman–Crippen MR) is 83.4 cm³/mol. The van der Waals surface area contributed by atoms with E-state index in [0.717, 1.165) is 16.3 Å². The summed E-state index contributed by atoms with van der Waals surface area (Å²) in [5, 5.41) is 6.21. The molecule has 0 spiro atoms. The van der Waals surface area contributed by atoms with Crippen LogP contribution < -0.4 is 5.32 Å². The first kappa shape index (κ1) is 15.3. The minimum atomic E-state index is -0.136. The van der Waals surface area contributed by atoms with Gasteiger partial charge in [0.25, 0.3) is 0 Å². The van der Waals surface area contributed by atoms with Crippen LogP contribution in [-0.2, 0) is 17.1 Å². The molecule has 2 aromatic rings. The lowest BCUT2D eigenvalue weighted by Gasteiger charge is -2.15. The molecule has 20 heavy (non-hydrogen) atoms. The molecule has 0 aliphatic heterocycles. The average molecular weight is 329 g/mol. The number of aromatic nitrogens is 1. The number of nitrogens with zero attached hydrogens (tertiary/aromatic N) is 1. The molecule has 0 saturated heterocycles. The van der Waals surface area contributed by atoms with Crippen LogP contribution in [0, 0.1) is 0 Å². The number of thiazole rings is 1. The van der Waals surface area contributed by atoms with Crippen LogP contribution in [0.3, 0.4) is 0 Å². The maximum absolute atomic E-state index is 12.0. The molecule has 1 aromatic heterocycles. The molecule has 1 aromatic carbocycles. The maximum Gasteiger partial charge on any atom is 0.227 e. The highest BCUT2D eigenvalue weighted by molar-refractivity contribution is 7.09. The average Bonchev–Trinajstić information content (AvgIpc) is 2.86. The molecule has 1 N–H and O–H groups in total. The topological polar surface area (TPSA) is 42.0 Å². The quantitative estimate of drug-likeness (QED) is 0.844. The fourth-order valence-corrected chi connectivity index (χ4v) is 3.15. The van der Waals surface area contributed by atoms with Gasteiger partial charge in [0.2, 0.25) is 5.91 Å². The molecule has 6 heteroatoms. The van der Waals surface area contributed by atoms with Crippen LogP contribution in [0.2, 0.25) is 5.02 Å². The van der Waals surface area contributed by atoms with Crippen LogP contribution in [0.1, 0.15) is 29.2 Å². The van der Waals surface area contributed by atoms with Gasteiger partial charge in [0.05, 0.1) is 24.0 Å². The highest BCUT2D eigenvalue weighted by atomic mass is 35.5. The van der Waals surface area contributed by atoms with Crippen LogP contribution in [0.15, 0.2) is 29.6 Å². The van der Waals surface area contributed by atoms with Crippen molar-refractivity contribution >= 4 is 40.4 Å². The van der Waals surface area contributed by atoms with Gasteiger partial charge in [0.15, 0.2) is 0 Å². The van der Waals surface area contributed by atoms with Gasteiger partial charge in [0.1, 0.15) is 5.01 Å². The Labute approximate surface area is 131 Å². The van der Waals surface area contributed by atoms with Crippen molar-refractivity contribution in [3.63, 3.8) is 0 Å². The number of alkyl halides is 1. The summed E-state index contributed by atoms with van der Waals surface area (Å²) >= 11 is 13.2. The maximum atomic E-state index is 12.0. The normalized spacial score (nSPS) is 12.2. The Morgan fingerprint density at radius 2 is 2.20 bits per heavy atom. The van der Waals surface area contributed by atoms with Gasteiger partial charge in [-0.1, -0.05) is 29.8 Å². The van der Waals surface area contributed by atoms with E-state index in [0.29, 0.717) is 10.9 Å². The summed E-state index contributed by atoms with van der Waals surface area (Å²) in [7, 11) is 0. The molecule has 1 amide bonds. The third-order valence-corrected chi connectivity index (χ3v) is 4.31. The minimum Gasteiger partial charge on any atom is -0.349 e. The van der Waals surface area contributed by atoms with E-state index in [1.807, 2.05) is 36.6 Å². The molecule has 106 valence electrons. The van der Waals surface area contributed by atoms with Crippen LogP contribution >= 0.6 is 34.5 Å². The molecule has 0 aliphatic rings. The van der Waals surface area contributed by atoms with Gasteiger partial charge in [-0.15, -0.1) is 22.9 Å². The highest BCUT2D eigenvalue weighted by Gasteiger charge is 2.13. The van der Waals surface area contributed by atoms with Crippen LogP contribution in [0.5, 0.6) is 0 Å². The summed E-state index contributed by atoms with van der Waals surface area (Å²) in [6.45, 7) is 1.91. The smallest absolute Gasteiger partial charge is 0.227 e. The van der Waals surface area contributed by atoms with Crippen LogP contribution in [0.4, 0.5) is 0 Å². The molecule has 3 nitrogen and oxygen atoms in total. The zero-order valence-electron chi connectivity index (χ0n) is 10.9. The van der Waals surface area contributed by atoms with Crippen molar-refractivity contribution in [1.29, 1.82) is 0 Å². The van der Waals surface area contributed by atoms with Gasteiger partial charge in [-0.25, -0.2) is 4.98 Å². The largest absolute Gasteiger partial charge is 0.349 e. The standard InChI is InChI=1S/C14H14Cl2N2OS/c1-9(11-4-2-3-5-12(11)16)17-13(19)6-14-18-10(7-15)8-20-14/h2-5,8-9H,6-7H2,1H3,(H,17,19). The third-order valence-electron chi connectivity index (χ3n) is 2.80. The number of carbonyl (C=O) groups is 1. The van der Waals surface area contributed by atoms with E-state index in [1.165, 1.54) is 11.3 Å². The summed E-state index contributed by atoms with van der Waals surface area (Å²) < 4.78 is 0. The Kier molecular flexibility index (Phi) is 5.40. The Bertz CT molecular complexity index is 600. The van der Waals surface area contributed by atoms with Crippen molar-refractivity contribution in [3.8, 4) is 0 Å². The Morgan fingerprint density at radius 1 is 1.45 bits per heavy atom. The Hall–Kier alpha value is -1.10. The van der Waals surface area contributed by atoms with E-state index in [-0.39, 0.29) is 18.4 Å². The molecule has 0 saturated carbocycles. The van der Waals surface area contributed by atoms with Gasteiger partial charge in [-0.05, 0) is 18.6 Å². The van der Waals surface area contributed by atoms with E-state index in [2.05, 4.69) is 10.3 Å². The van der Waals surface area contributed by atoms with Crippen molar-refractivity contribution < 1.29 is 4.79 Å². The number of hydrogen-bond acceptors (Lipinski definition) is 3. The Morgan fingerprint density at radius 3 is 2.85 bits per heavy atom. The number of carbonyl (C=O) groups excluding carboxylic acids is 1. The second-order valence-corrected chi connectivity index (χ2v) is 5.97. The van der Waals surface area contributed by atoms with E-state index in [4.69, 9.17) is 23.2 Å². The summed E-state index contributed by atoms with van der Waals surface area (Å²) in [4.78, 5) is 16.3. The van der Waals surface area contributed by atoms with Gasteiger partial charge >= 0.3 is 0 Å². The number of halogens is 2. The fourth-order valence-electron chi connectivity index (χ4n) is 1.83. The summed E-state index contributed by atoms with van der Waals surface area (Å²) in [5.41, 5.74) is 1.71. The first-order valence-corrected chi connectivity index (χ1v) is 7.92. The van der Waals surface area contributed by atoms with Crippen molar-refractivity contribution in [1.82, 2.24) is 10.3 Å². The molecular weight excluding hydrogens is 315 g/mol. The molecule has 0 aliphatic carbocycles. The fraction of sp³-hybridized carbons (Fsp3) is 0.286.